The van der Waals surface area contributed by atoms with Crippen molar-refractivity contribution in [3.63, 3.8) is 0 Å². The summed E-state index contributed by atoms with van der Waals surface area (Å²) in [6.07, 6.45) is 6.09. The fourth-order valence-corrected chi connectivity index (χ4v) is 3.19. The third-order valence-electron chi connectivity index (χ3n) is 3.50. The molecule has 0 amide bonds. The van der Waals surface area contributed by atoms with Gasteiger partial charge in [-0.2, -0.15) is 9.38 Å². The summed E-state index contributed by atoms with van der Waals surface area (Å²) in [7, 11) is 0. The Kier molecular flexibility index (Phi) is 3.83. The lowest BCUT2D eigenvalue weighted by Crippen LogP contribution is -2.35. The Hall–Kier alpha value is -1.67. The topological polar surface area (TPSA) is 81.7 Å². The molecular formula is C12H16N4O3S. The predicted octanol–water partition coefficient (Wildman–Crippen LogP) is 2.21. The molecule has 8 heteroatoms. The van der Waals surface area contributed by atoms with Crippen molar-refractivity contribution in [3.05, 3.63) is 21.7 Å². The minimum Gasteiger partial charge on any atom is -0.472 e. The third kappa shape index (κ3) is 2.61. The highest BCUT2D eigenvalue weighted by molar-refractivity contribution is 7.15. The summed E-state index contributed by atoms with van der Waals surface area (Å²) >= 11 is 1.36. The number of hydrogen-bond donors (Lipinski definition) is 1. The molecule has 2 aromatic heterocycles. The van der Waals surface area contributed by atoms with Gasteiger partial charge in [-0.15, -0.1) is 0 Å². The summed E-state index contributed by atoms with van der Waals surface area (Å²) in [6, 6.07) is 0.450. The van der Waals surface area contributed by atoms with Crippen molar-refractivity contribution in [3.8, 4) is 5.88 Å². The van der Waals surface area contributed by atoms with E-state index in [2.05, 4.69) is 10.3 Å². The van der Waals surface area contributed by atoms with Gasteiger partial charge in [0.2, 0.25) is 0 Å². The van der Waals surface area contributed by atoms with Crippen LogP contribution >= 0.6 is 11.3 Å². The first kappa shape index (κ1) is 13.3. The van der Waals surface area contributed by atoms with E-state index in [0.717, 1.165) is 19.4 Å². The zero-order valence-electron chi connectivity index (χ0n) is 10.9. The van der Waals surface area contributed by atoms with Gasteiger partial charge in [-0.3, -0.25) is 0 Å². The smallest absolute Gasteiger partial charge is 0.393 e. The molecule has 20 heavy (non-hydrogen) atoms. The second kappa shape index (κ2) is 5.76. The number of imidazole rings is 1. The number of thiazole rings is 1. The number of hydrogen-bond acceptors (Lipinski definition) is 6. The van der Waals surface area contributed by atoms with Crippen molar-refractivity contribution in [1.82, 2.24) is 14.7 Å². The summed E-state index contributed by atoms with van der Waals surface area (Å²) in [5.74, 6) is 0.0375. The van der Waals surface area contributed by atoms with Gasteiger partial charge < -0.3 is 20.2 Å². The minimum atomic E-state index is -0.444. The van der Waals surface area contributed by atoms with E-state index in [-0.39, 0.29) is 11.7 Å². The van der Waals surface area contributed by atoms with E-state index in [9.17, 15) is 10.1 Å². The second-order valence-electron chi connectivity index (χ2n) is 4.84. The van der Waals surface area contributed by atoms with E-state index >= 15 is 0 Å². The van der Waals surface area contributed by atoms with Crippen LogP contribution in [0, 0.1) is 10.1 Å². The van der Waals surface area contributed by atoms with Crippen LogP contribution in [0.2, 0.25) is 0 Å². The van der Waals surface area contributed by atoms with Crippen LogP contribution in [0.15, 0.2) is 11.6 Å². The van der Waals surface area contributed by atoms with Crippen LogP contribution in [0.3, 0.4) is 0 Å². The highest BCUT2D eigenvalue weighted by atomic mass is 32.1. The van der Waals surface area contributed by atoms with Crippen LogP contribution in [0.5, 0.6) is 5.88 Å². The number of nitro groups is 1. The van der Waals surface area contributed by atoms with Gasteiger partial charge in [0.05, 0.1) is 6.61 Å². The number of piperidine rings is 1. The fraction of sp³-hybridized carbons (Fsp3) is 0.583. The molecule has 2 aromatic rings. The van der Waals surface area contributed by atoms with E-state index in [1.54, 1.807) is 11.6 Å². The monoisotopic (exact) mass is 296 g/mol. The Bertz CT molecular complexity index is 603. The molecule has 0 bridgehead atoms. The SMILES string of the molecule is O=[N+]([O-])c1c(OCCC2CCCCN2)nc2sccn12. The second-order valence-corrected chi connectivity index (χ2v) is 5.71. The van der Waals surface area contributed by atoms with Gasteiger partial charge in [-0.1, -0.05) is 17.8 Å². The van der Waals surface area contributed by atoms with Gasteiger partial charge in [0.1, 0.15) is 6.20 Å². The molecule has 1 fully saturated rings. The molecular weight excluding hydrogens is 280 g/mol. The summed E-state index contributed by atoms with van der Waals surface area (Å²) in [5.41, 5.74) is 0. The Morgan fingerprint density at radius 3 is 3.25 bits per heavy atom. The molecule has 0 aliphatic carbocycles. The lowest BCUT2D eigenvalue weighted by molar-refractivity contribution is -0.391. The molecule has 1 aliphatic heterocycles. The first-order valence-electron chi connectivity index (χ1n) is 6.72. The average molecular weight is 296 g/mol. The van der Waals surface area contributed by atoms with Crippen LogP contribution in [0.25, 0.3) is 4.96 Å². The molecule has 3 heterocycles. The van der Waals surface area contributed by atoms with Crippen molar-refractivity contribution in [2.24, 2.45) is 0 Å². The summed E-state index contributed by atoms with van der Waals surface area (Å²) in [4.78, 5) is 15.4. The van der Waals surface area contributed by atoms with Gasteiger partial charge in [-0.25, -0.2) is 0 Å². The molecule has 1 aliphatic rings. The van der Waals surface area contributed by atoms with E-state index < -0.39 is 4.92 Å². The summed E-state index contributed by atoms with van der Waals surface area (Å²) in [5, 5.41) is 16.3. The molecule has 7 nitrogen and oxygen atoms in total. The maximum absolute atomic E-state index is 11.1. The predicted molar refractivity (Wildman–Crippen MR) is 75.5 cm³/mol. The first-order valence-corrected chi connectivity index (χ1v) is 7.60. The highest BCUT2D eigenvalue weighted by Gasteiger charge is 2.25. The Labute approximate surface area is 119 Å². The molecule has 1 N–H and O–H groups in total. The lowest BCUT2D eigenvalue weighted by atomic mass is 10.0. The lowest BCUT2D eigenvalue weighted by Gasteiger charge is -2.22. The summed E-state index contributed by atoms with van der Waals surface area (Å²) in [6.45, 7) is 1.49. The average Bonchev–Trinajstić information content (AvgIpc) is 2.99. The number of fused-ring (bicyclic) bond motifs is 1. The highest BCUT2D eigenvalue weighted by Crippen LogP contribution is 2.30. The quantitative estimate of drug-likeness (QED) is 0.675. The molecule has 3 rings (SSSR count). The van der Waals surface area contributed by atoms with Crippen molar-refractivity contribution in [2.45, 2.75) is 31.7 Å². The largest absolute Gasteiger partial charge is 0.472 e. The van der Waals surface area contributed by atoms with Crippen LogP contribution in [-0.4, -0.2) is 33.5 Å². The van der Waals surface area contributed by atoms with E-state index in [0.29, 0.717) is 17.6 Å². The van der Waals surface area contributed by atoms with Crippen molar-refractivity contribution < 1.29 is 9.66 Å². The van der Waals surface area contributed by atoms with Gasteiger partial charge in [0.15, 0.2) is 0 Å². The normalized spacial score (nSPS) is 19.3. The van der Waals surface area contributed by atoms with Gasteiger partial charge in [0.25, 0.3) is 4.96 Å². The van der Waals surface area contributed by atoms with E-state index in [1.165, 1.54) is 28.6 Å². The number of nitrogens with one attached hydrogen (secondary N) is 1. The first-order chi connectivity index (χ1) is 9.75. The fourth-order valence-electron chi connectivity index (χ4n) is 2.49. The number of aromatic nitrogens is 2. The van der Waals surface area contributed by atoms with E-state index in [1.807, 2.05) is 0 Å². The van der Waals surface area contributed by atoms with E-state index in [4.69, 9.17) is 4.74 Å². The maximum Gasteiger partial charge on any atom is 0.393 e. The van der Waals surface area contributed by atoms with Gasteiger partial charge in [0, 0.05) is 11.4 Å². The molecule has 0 saturated carbocycles. The molecule has 1 saturated heterocycles. The number of rotatable bonds is 5. The van der Waals surface area contributed by atoms with Crippen molar-refractivity contribution in [1.29, 1.82) is 0 Å². The standard InChI is InChI=1S/C12H16N4O3S/c17-16(18)11-10(14-12-15(11)6-8-20-12)19-7-4-9-3-1-2-5-13-9/h6,8-9,13H,1-5,7H2. The van der Waals surface area contributed by atoms with Gasteiger partial charge >= 0.3 is 11.7 Å². The van der Waals surface area contributed by atoms with Gasteiger partial charge in [-0.05, 0) is 30.7 Å². The van der Waals surface area contributed by atoms with Crippen molar-refractivity contribution >= 4 is 22.1 Å². The Balaban J connectivity index is 1.66. The molecule has 0 aromatic carbocycles. The Morgan fingerprint density at radius 1 is 1.60 bits per heavy atom. The van der Waals surface area contributed by atoms with Crippen LogP contribution in [-0.2, 0) is 0 Å². The minimum absolute atomic E-state index is 0.0853. The van der Waals surface area contributed by atoms with Crippen LogP contribution in [0.1, 0.15) is 25.7 Å². The third-order valence-corrected chi connectivity index (χ3v) is 4.25. The van der Waals surface area contributed by atoms with Crippen molar-refractivity contribution in [2.75, 3.05) is 13.2 Å². The summed E-state index contributed by atoms with van der Waals surface area (Å²) < 4.78 is 6.99. The Morgan fingerprint density at radius 2 is 2.50 bits per heavy atom. The van der Waals surface area contributed by atoms with Crippen LogP contribution < -0.4 is 10.1 Å². The molecule has 1 unspecified atom stereocenters. The zero-order chi connectivity index (χ0) is 13.9. The molecule has 0 spiro atoms. The number of ether oxygens (including phenoxy) is 1. The zero-order valence-corrected chi connectivity index (χ0v) is 11.8. The molecule has 0 radical (unpaired) electrons. The number of nitrogens with zero attached hydrogens (tertiary/aromatic N) is 3. The maximum atomic E-state index is 11.1. The molecule has 108 valence electrons. The van der Waals surface area contributed by atoms with Crippen LogP contribution in [0.4, 0.5) is 5.82 Å². The molecule has 1 atom stereocenters.